The molecule has 2 heterocycles. The van der Waals surface area contributed by atoms with E-state index in [0.29, 0.717) is 5.69 Å². The summed E-state index contributed by atoms with van der Waals surface area (Å²) in [7, 11) is -3.64. The zero-order chi connectivity index (χ0) is 16.6. The molecule has 2 N–H and O–H groups in total. The summed E-state index contributed by atoms with van der Waals surface area (Å²) in [6.45, 7) is 0. The van der Waals surface area contributed by atoms with Crippen LogP contribution in [0.25, 0.3) is 21.3 Å². The van der Waals surface area contributed by atoms with Crippen LogP contribution in [-0.4, -0.2) is 18.6 Å². The van der Waals surface area contributed by atoms with Gasteiger partial charge in [-0.25, -0.2) is 8.42 Å². The third kappa shape index (κ3) is 2.68. The van der Waals surface area contributed by atoms with Crippen LogP contribution in [0.2, 0.25) is 0 Å². The predicted molar refractivity (Wildman–Crippen MR) is 96.7 cm³/mol. The fourth-order valence-electron chi connectivity index (χ4n) is 2.51. The molecule has 5 nitrogen and oxygen atoms in total. The molecule has 0 bridgehead atoms. The zero-order valence-corrected chi connectivity index (χ0v) is 14.1. The number of nitrogens with zero attached hydrogens (tertiary/aromatic N) is 1. The smallest absolute Gasteiger partial charge is 0.271 e. The Morgan fingerprint density at radius 2 is 1.79 bits per heavy atom. The van der Waals surface area contributed by atoms with Gasteiger partial charge in [0.05, 0.1) is 16.3 Å². The number of anilines is 1. The molecule has 0 saturated heterocycles. The van der Waals surface area contributed by atoms with Crippen LogP contribution >= 0.6 is 11.3 Å². The molecule has 0 saturated carbocycles. The van der Waals surface area contributed by atoms with Gasteiger partial charge in [0, 0.05) is 11.6 Å². The lowest BCUT2D eigenvalue weighted by Gasteiger charge is -2.09. The van der Waals surface area contributed by atoms with Crippen molar-refractivity contribution in [1.29, 1.82) is 0 Å². The fraction of sp³-hybridized carbons (Fsp3) is 0. The van der Waals surface area contributed by atoms with Crippen molar-refractivity contribution in [2.24, 2.45) is 0 Å². The van der Waals surface area contributed by atoms with Crippen LogP contribution in [0, 0.1) is 0 Å². The summed E-state index contributed by atoms with van der Waals surface area (Å²) in [6, 6.07) is 18.4. The lowest BCUT2D eigenvalue weighted by Crippen LogP contribution is -2.11. The topological polar surface area (TPSA) is 74.8 Å². The van der Waals surface area contributed by atoms with Gasteiger partial charge in [0.15, 0.2) is 0 Å². The first-order valence-electron chi connectivity index (χ1n) is 7.24. The van der Waals surface area contributed by atoms with Gasteiger partial charge in [0.25, 0.3) is 10.0 Å². The van der Waals surface area contributed by atoms with E-state index in [2.05, 4.69) is 14.9 Å². The van der Waals surface area contributed by atoms with E-state index in [9.17, 15) is 8.42 Å². The average Bonchev–Trinajstić information content (AvgIpc) is 3.26. The fourth-order valence-corrected chi connectivity index (χ4v) is 4.87. The molecule has 2 aromatic heterocycles. The van der Waals surface area contributed by atoms with Gasteiger partial charge in [-0.2, -0.15) is 5.10 Å². The summed E-state index contributed by atoms with van der Waals surface area (Å²) in [6.07, 6.45) is 1.64. The summed E-state index contributed by atoms with van der Waals surface area (Å²) in [5, 5.41) is 8.58. The average molecular weight is 355 g/mol. The van der Waals surface area contributed by atoms with Gasteiger partial charge >= 0.3 is 0 Å². The quantitative estimate of drug-likeness (QED) is 0.579. The van der Waals surface area contributed by atoms with Crippen LogP contribution in [0.5, 0.6) is 0 Å². The Morgan fingerprint density at radius 1 is 0.958 bits per heavy atom. The molecule has 4 rings (SSSR count). The van der Waals surface area contributed by atoms with Crippen molar-refractivity contribution in [1.82, 2.24) is 10.2 Å². The molecule has 0 fully saturated rings. The summed E-state index contributed by atoms with van der Waals surface area (Å²) in [5.74, 6) is 0. The molecule has 24 heavy (non-hydrogen) atoms. The Morgan fingerprint density at radius 3 is 2.62 bits per heavy atom. The maximum atomic E-state index is 12.7. The number of benzene rings is 2. The first kappa shape index (κ1) is 14.9. The van der Waals surface area contributed by atoms with E-state index >= 15 is 0 Å². The molecule has 0 spiro atoms. The summed E-state index contributed by atoms with van der Waals surface area (Å²) >= 11 is 1.20. The Balaban J connectivity index is 1.71. The molecule has 0 aliphatic rings. The number of nitrogens with one attached hydrogen (secondary N) is 2. The molecule has 0 atom stereocenters. The van der Waals surface area contributed by atoms with Crippen molar-refractivity contribution < 1.29 is 8.42 Å². The van der Waals surface area contributed by atoms with Gasteiger partial charge in [-0.05, 0) is 29.7 Å². The highest BCUT2D eigenvalue weighted by Crippen LogP contribution is 2.31. The highest BCUT2D eigenvalue weighted by molar-refractivity contribution is 7.94. The zero-order valence-electron chi connectivity index (χ0n) is 12.4. The first-order valence-corrected chi connectivity index (χ1v) is 9.54. The van der Waals surface area contributed by atoms with E-state index < -0.39 is 10.0 Å². The largest absolute Gasteiger partial charge is 0.278 e. The minimum atomic E-state index is -3.64. The van der Waals surface area contributed by atoms with E-state index in [-0.39, 0.29) is 4.21 Å². The molecule has 120 valence electrons. The SMILES string of the molecule is O=S(=O)(Nc1cccc2ccccc12)c1ccc(-c2ccn[nH]2)s1. The van der Waals surface area contributed by atoms with Gasteiger partial charge in [-0.15, -0.1) is 11.3 Å². The van der Waals surface area contributed by atoms with Crippen molar-refractivity contribution in [3.8, 4) is 10.6 Å². The monoisotopic (exact) mass is 355 g/mol. The number of thiophene rings is 1. The van der Waals surface area contributed by atoms with E-state index in [1.54, 1.807) is 30.5 Å². The van der Waals surface area contributed by atoms with Crippen LogP contribution in [0.1, 0.15) is 0 Å². The molecule has 0 amide bonds. The number of fused-ring (bicyclic) bond motifs is 1. The summed E-state index contributed by atoms with van der Waals surface area (Å²) in [4.78, 5) is 0.825. The van der Waals surface area contributed by atoms with Gasteiger partial charge in [-0.1, -0.05) is 36.4 Å². The number of aromatic nitrogens is 2. The second kappa shape index (κ2) is 5.77. The standard InChI is InChI=1S/C17H13N3O2S2/c21-24(22,17-9-8-16(23-17)15-10-11-18-19-15)20-14-7-3-5-12-4-1-2-6-13(12)14/h1-11,20H,(H,18,19). The highest BCUT2D eigenvalue weighted by atomic mass is 32.2. The Labute approximate surface area is 143 Å². The summed E-state index contributed by atoms with van der Waals surface area (Å²) < 4.78 is 28.4. The van der Waals surface area contributed by atoms with E-state index in [4.69, 9.17) is 0 Å². The maximum absolute atomic E-state index is 12.7. The number of sulfonamides is 1. The normalized spacial score (nSPS) is 11.7. The molecule has 0 radical (unpaired) electrons. The van der Waals surface area contributed by atoms with Gasteiger partial charge in [0.1, 0.15) is 4.21 Å². The lowest BCUT2D eigenvalue weighted by atomic mass is 10.1. The third-order valence-electron chi connectivity index (χ3n) is 3.65. The number of hydrogen-bond acceptors (Lipinski definition) is 4. The summed E-state index contributed by atoms with van der Waals surface area (Å²) in [5.41, 5.74) is 1.37. The molecule has 0 aliphatic carbocycles. The van der Waals surface area contributed by atoms with Crippen molar-refractivity contribution in [2.45, 2.75) is 4.21 Å². The van der Waals surface area contributed by atoms with Crippen molar-refractivity contribution >= 4 is 37.8 Å². The van der Waals surface area contributed by atoms with Crippen LogP contribution < -0.4 is 4.72 Å². The van der Waals surface area contributed by atoms with Gasteiger partial charge in [-0.3, -0.25) is 9.82 Å². The van der Waals surface area contributed by atoms with E-state index in [1.165, 1.54) is 11.3 Å². The minimum absolute atomic E-state index is 0.264. The second-order valence-electron chi connectivity index (χ2n) is 5.22. The van der Waals surface area contributed by atoms with E-state index in [1.807, 2.05) is 36.4 Å². The number of aromatic amines is 1. The maximum Gasteiger partial charge on any atom is 0.271 e. The minimum Gasteiger partial charge on any atom is -0.278 e. The lowest BCUT2D eigenvalue weighted by molar-refractivity contribution is 0.603. The van der Waals surface area contributed by atoms with Crippen LogP contribution in [-0.2, 0) is 10.0 Å². The Bertz CT molecular complexity index is 1090. The van der Waals surface area contributed by atoms with Crippen molar-refractivity contribution in [3.63, 3.8) is 0 Å². The second-order valence-corrected chi connectivity index (χ2v) is 8.21. The molecular formula is C17H13N3O2S2. The number of rotatable bonds is 4. The molecule has 2 aromatic carbocycles. The number of H-pyrrole nitrogens is 1. The van der Waals surface area contributed by atoms with Crippen LogP contribution in [0.15, 0.2) is 71.1 Å². The number of hydrogen-bond donors (Lipinski definition) is 2. The van der Waals surface area contributed by atoms with Crippen molar-refractivity contribution in [3.05, 3.63) is 66.9 Å². The third-order valence-corrected chi connectivity index (χ3v) is 6.62. The molecule has 4 aromatic rings. The highest BCUT2D eigenvalue weighted by Gasteiger charge is 2.18. The van der Waals surface area contributed by atoms with Gasteiger partial charge in [0.2, 0.25) is 0 Å². The molecular weight excluding hydrogens is 342 g/mol. The first-order chi connectivity index (χ1) is 11.6. The van der Waals surface area contributed by atoms with Crippen molar-refractivity contribution in [2.75, 3.05) is 4.72 Å². The van der Waals surface area contributed by atoms with E-state index in [0.717, 1.165) is 21.3 Å². The molecule has 7 heteroatoms. The molecule has 0 unspecified atom stereocenters. The van der Waals surface area contributed by atoms with Crippen LogP contribution in [0.4, 0.5) is 5.69 Å². The Kier molecular flexibility index (Phi) is 3.59. The van der Waals surface area contributed by atoms with Gasteiger partial charge < -0.3 is 0 Å². The van der Waals surface area contributed by atoms with Crippen LogP contribution in [0.3, 0.4) is 0 Å². The predicted octanol–water partition coefficient (Wildman–Crippen LogP) is 4.09. The Hall–Kier alpha value is -2.64. The molecule has 0 aliphatic heterocycles.